The monoisotopic (exact) mass is 511 g/mol. The third kappa shape index (κ3) is 4.68. The molecule has 5 rings (SSSR count). The molecule has 3 aromatic heterocycles. The van der Waals surface area contributed by atoms with Gasteiger partial charge < -0.3 is 9.88 Å². The van der Waals surface area contributed by atoms with E-state index in [9.17, 15) is 10.1 Å². The van der Waals surface area contributed by atoms with Crippen molar-refractivity contribution in [2.45, 2.75) is 82.8 Å². The van der Waals surface area contributed by atoms with Crippen LogP contribution in [0.5, 0.6) is 0 Å². The summed E-state index contributed by atoms with van der Waals surface area (Å²) in [5.41, 5.74) is 4.48. The van der Waals surface area contributed by atoms with Gasteiger partial charge in [0, 0.05) is 27.2 Å². The number of rotatable bonds is 7. The molecule has 0 aromatic carbocycles. The van der Waals surface area contributed by atoms with E-state index in [2.05, 4.69) is 38.5 Å². The van der Waals surface area contributed by atoms with Crippen LogP contribution < -0.4 is 5.32 Å². The minimum absolute atomic E-state index is 0.0987. The molecule has 0 spiro atoms. The minimum atomic E-state index is -0.0987. The first-order valence-corrected chi connectivity index (χ1v) is 14.9. The lowest BCUT2D eigenvalue weighted by Gasteiger charge is -2.13. The van der Waals surface area contributed by atoms with Gasteiger partial charge in [-0.3, -0.25) is 4.79 Å². The van der Waals surface area contributed by atoms with Crippen LogP contribution in [0.2, 0.25) is 0 Å². The van der Waals surface area contributed by atoms with E-state index in [0.717, 1.165) is 61.6 Å². The minimum Gasteiger partial charge on any atom is -0.316 e. The van der Waals surface area contributed by atoms with Gasteiger partial charge in [0.2, 0.25) is 5.91 Å². The average molecular weight is 512 g/mol. The molecule has 0 saturated carbocycles. The zero-order chi connectivity index (χ0) is 23.5. The van der Waals surface area contributed by atoms with E-state index in [1.54, 1.807) is 11.3 Å². The van der Waals surface area contributed by atoms with E-state index in [-0.39, 0.29) is 11.7 Å². The first kappa shape index (κ1) is 23.6. The molecule has 0 radical (unpaired) electrons. The lowest BCUT2D eigenvalue weighted by molar-refractivity contribution is -0.113. The van der Waals surface area contributed by atoms with Crippen molar-refractivity contribution in [3.63, 3.8) is 0 Å². The first-order chi connectivity index (χ1) is 16.7. The summed E-state index contributed by atoms with van der Waals surface area (Å²) < 4.78 is 2.17. The van der Waals surface area contributed by atoms with Crippen molar-refractivity contribution >= 4 is 45.3 Å². The predicted octanol–water partition coefficient (Wildman–Crippen LogP) is 6.23. The lowest BCUT2D eigenvalue weighted by Crippen LogP contribution is -2.14. The number of hydrogen-bond donors (Lipinski definition) is 1. The summed E-state index contributed by atoms with van der Waals surface area (Å²) in [6.07, 6.45) is 11.2. The maximum atomic E-state index is 12.8. The molecular weight excluding hydrogens is 483 g/mol. The van der Waals surface area contributed by atoms with Gasteiger partial charge in [-0.25, -0.2) is 0 Å². The maximum absolute atomic E-state index is 12.8. The molecule has 6 nitrogen and oxygen atoms in total. The molecule has 0 fully saturated rings. The van der Waals surface area contributed by atoms with E-state index < -0.39 is 0 Å². The van der Waals surface area contributed by atoms with Gasteiger partial charge in [0.05, 0.1) is 11.3 Å². The number of thiophene rings is 2. The largest absolute Gasteiger partial charge is 0.316 e. The van der Waals surface area contributed by atoms with Gasteiger partial charge in [0.25, 0.3) is 0 Å². The number of carbonyl (C=O) groups excluding carboxylic acids is 1. The summed E-state index contributed by atoms with van der Waals surface area (Å²) in [7, 11) is 0. The van der Waals surface area contributed by atoms with E-state index >= 15 is 0 Å². The zero-order valence-electron chi connectivity index (χ0n) is 19.5. The Kier molecular flexibility index (Phi) is 7.37. The van der Waals surface area contributed by atoms with Gasteiger partial charge in [0.15, 0.2) is 11.0 Å². The van der Waals surface area contributed by atoms with Gasteiger partial charge in [-0.05, 0) is 68.9 Å². The summed E-state index contributed by atoms with van der Waals surface area (Å²) in [5, 5.41) is 25.5. The smallest absolute Gasteiger partial charge is 0.235 e. The van der Waals surface area contributed by atoms with E-state index in [1.165, 1.54) is 58.3 Å². The first-order valence-electron chi connectivity index (χ1n) is 12.2. The lowest BCUT2D eigenvalue weighted by atomic mass is 9.95. The summed E-state index contributed by atoms with van der Waals surface area (Å²) >= 11 is 4.85. The Morgan fingerprint density at radius 3 is 2.74 bits per heavy atom. The van der Waals surface area contributed by atoms with Crippen molar-refractivity contribution in [2.24, 2.45) is 0 Å². The molecule has 0 saturated heterocycles. The third-order valence-electron chi connectivity index (χ3n) is 6.58. The maximum Gasteiger partial charge on any atom is 0.235 e. The van der Waals surface area contributed by atoms with Gasteiger partial charge >= 0.3 is 0 Å². The number of nitrogens with zero attached hydrogens (tertiary/aromatic N) is 4. The van der Waals surface area contributed by atoms with Gasteiger partial charge in [0.1, 0.15) is 11.1 Å². The summed E-state index contributed by atoms with van der Waals surface area (Å²) in [4.78, 5) is 15.6. The van der Waals surface area contributed by atoms with Crippen LogP contribution in [0, 0.1) is 11.3 Å². The Morgan fingerprint density at radius 2 is 1.88 bits per heavy atom. The van der Waals surface area contributed by atoms with Gasteiger partial charge in [-0.1, -0.05) is 25.1 Å². The molecule has 0 bridgehead atoms. The summed E-state index contributed by atoms with van der Waals surface area (Å²) in [6.45, 7) is 2.98. The Bertz CT molecular complexity index is 1230. The number of thioether (sulfide) groups is 1. The Labute approximate surface area is 212 Å². The van der Waals surface area contributed by atoms with Crippen molar-refractivity contribution < 1.29 is 4.79 Å². The van der Waals surface area contributed by atoms with Crippen LogP contribution in [0.1, 0.15) is 71.9 Å². The van der Waals surface area contributed by atoms with Crippen molar-refractivity contribution in [1.82, 2.24) is 14.8 Å². The number of hydrogen-bond acceptors (Lipinski definition) is 7. The fourth-order valence-electron chi connectivity index (χ4n) is 4.94. The van der Waals surface area contributed by atoms with Crippen LogP contribution in [-0.4, -0.2) is 26.4 Å². The number of carbonyl (C=O) groups is 1. The number of fused-ring (bicyclic) bond motifs is 2. The van der Waals surface area contributed by atoms with Crippen LogP contribution in [-0.2, 0) is 37.0 Å². The van der Waals surface area contributed by atoms with E-state index in [4.69, 9.17) is 0 Å². The van der Waals surface area contributed by atoms with E-state index in [0.29, 0.717) is 10.6 Å². The average Bonchev–Trinajstić information content (AvgIpc) is 3.48. The molecule has 178 valence electrons. The molecular formula is C25H29N5OS3. The van der Waals surface area contributed by atoms with Crippen LogP contribution in [0.25, 0.3) is 11.4 Å². The van der Waals surface area contributed by atoms with E-state index in [1.807, 2.05) is 11.3 Å². The van der Waals surface area contributed by atoms with Crippen molar-refractivity contribution in [3.05, 3.63) is 31.8 Å². The van der Waals surface area contributed by atoms with Crippen molar-refractivity contribution in [1.29, 1.82) is 5.26 Å². The number of aryl methyl sites for hydroxylation is 2. The second-order valence-electron chi connectivity index (χ2n) is 8.93. The fourth-order valence-corrected chi connectivity index (χ4v) is 8.09. The SMILES string of the molecule is CCCn1c(SCC(=O)Nc2sc3c(c2C#N)CCCCC3)nnc1-c1csc2c1CCCC2. The number of anilines is 1. The standard InChI is InChI=1S/C25H29N5OS3/c1-2-12-30-23(19-14-32-20-10-7-6-9-17(19)20)28-29-25(30)33-15-22(31)27-24-18(13-26)16-8-4-3-5-11-21(16)34-24/h14H,2-12,15H2,1H3,(H,27,31). The molecule has 3 heterocycles. The second-order valence-corrected chi connectivity index (χ2v) is 11.9. The van der Waals surface area contributed by atoms with Crippen LogP contribution in [0.4, 0.5) is 5.00 Å². The molecule has 0 unspecified atom stereocenters. The van der Waals surface area contributed by atoms with Crippen molar-refractivity contribution in [3.8, 4) is 17.5 Å². The molecule has 2 aliphatic rings. The summed E-state index contributed by atoms with van der Waals surface area (Å²) in [6, 6.07) is 2.34. The molecule has 34 heavy (non-hydrogen) atoms. The highest BCUT2D eigenvalue weighted by atomic mass is 32.2. The fraction of sp³-hybridized carbons (Fsp3) is 0.520. The highest BCUT2D eigenvalue weighted by Gasteiger charge is 2.24. The normalized spacial score (nSPS) is 15.3. The van der Waals surface area contributed by atoms with Gasteiger partial charge in [-0.2, -0.15) is 5.26 Å². The number of aromatic nitrogens is 3. The Balaban J connectivity index is 1.31. The van der Waals surface area contributed by atoms with Crippen LogP contribution in [0.15, 0.2) is 10.5 Å². The molecule has 3 aromatic rings. The number of nitrogens with one attached hydrogen (secondary N) is 1. The molecule has 1 amide bonds. The van der Waals surface area contributed by atoms with Crippen LogP contribution >= 0.6 is 34.4 Å². The number of nitriles is 1. The molecule has 9 heteroatoms. The zero-order valence-corrected chi connectivity index (χ0v) is 21.9. The molecule has 0 atom stereocenters. The summed E-state index contributed by atoms with van der Waals surface area (Å²) in [5.74, 6) is 1.08. The Morgan fingerprint density at radius 1 is 1.12 bits per heavy atom. The molecule has 2 aliphatic carbocycles. The highest BCUT2D eigenvalue weighted by Crippen LogP contribution is 2.38. The van der Waals surface area contributed by atoms with Gasteiger partial charge in [-0.15, -0.1) is 32.9 Å². The third-order valence-corrected chi connectivity index (χ3v) is 9.85. The van der Waals surface area contributed by atoms with Crippen LogP contribution in [0.3, 0.4) is 0 Å². The Hall–Kier alpha value is -2.15. The van der Waals surface area contributed by atoms with Crippen molar-refractivity contribution in [2.75, 3.05) is 11.1 Å². The quantitative estimate of drug-likeness (QED) is 0.300. The highest BCUT2D eigenvalue weighted by molar-refractivity contribution is 7.99. The molecule has 0 aliphatic heterocycles. The topological polar surface area (TPSA) is 83.6 Å². The predicted molar refractivity (Wildman–Crippen MR) is 140 cm³/mol. The number of amides is 1. The molecule has 1 N–H and O–H groups in total. The second kappa shape index (κ2) is 10.6.